The van der Waals surface area contributed by atoms with Crippen molar-refractivity contribution in [3.8, 4) is 0 Å². The van der Waals surface area contributed by atoms with Gasteiger partial charge < -0.3 is 15.1 Å². The van der Waals surface area contributed by atoms with Gasteiger partial charge in [-0.05, 0) is 45.8 Å². The highest BCUT2D eigenvalue weighted by molar-refractivity contribution is 5.83. The second kappa shape index (κ2) is 5.83. The Morgan fingerprint density at radius 3 is 2.76 bits per heavy atom. The van der Waals surface area contributed by atoms with E-state index >= 15 is 0 Å². The lowest BCUT2D eigenvalue weighted by atomic mass is 9.98. The number of rotatable bonds is 3. The first-order valence-corrected chi connectivity index (χ1v) is 6.94. The Bertz CT molecular complexity index is 267. The summed E-state index contributed by atoms with van der Waals surface area (Å²) in [5.74, 6) is 0.332. The zero-order chi connectivity index (χ0) is 12.3. The van der Waals surface area contributed by atoms with Crippen molar-refractivity contribution < 1.29 is 4.79 Å². The maximum Gasteiger partial charge on any atom is 0.239 e. The minimum atomic E-state index is 0.0704. The van der Waals surface area contributed by atoms with Crippen LogP contribution in [0.1, 0.15) is 32.6 Å². The van der Waals surface area contributed by atoms with Crippen LogP contribution in [0.15, 0.2) is 0 Å². The van der Waals surface area contributed by atoms with E-state index in [9.17, 15) is 4.79 Å². The van der Waals surface area contributed by atoms with Crippen molar-refractivity contribution >= 4 is 5.91 Å². The van der Waals surface area contributed by atoms with Crippen molar-refractivity contribution in [3.05, 3.63) is 0 Å². The van der Waals surface area contributed by atoms with Gasteiger partial charge in [-0.2, -0.15) is 0 Å². The van der Waals surface area contributed by atoms with E-state index in [2.05, 4.69) is 29.1 Å². The number of carbonyl (C=O) groups is 1. The number of nitrogens with one attached hydrogen (secondary N) is 1. The molecule has 0 spiro atoms. The Morgan fingerprint density at radius 1 is 1.29 bits per heavy atom. The number of nitrogens with zero attached hydrogens (tertiary/aromatic N) is 2. The van der Waals surface area contributed by atoms with Crippen LogP contribution in [0.2, 0.25) is 0 Å². The van der Waals surface area contributed by atoms with Gasteiger partial charge in [-0.3, -0.25) is 4.79 Å². The van der Waals surface area contributed by atoms with E-state index in [0.29, 0.717) is 11.9 Å². The maximum absolute atomic E-state index is 12.4. The average Bonchev–Trinajstić information content (AvgIpc) is 2.32. The Kier molecular flexibility index (Phi) is 4.40. The molecule has 4 heteroatoms. The van der Waals surface area contributed by atoms with Crippen molar-refractivity contribution in [1.82, 2.24) is 15.1 Å². The largest absolute Gasteiger partial charge is 0.337 e. The summed E-state index contributed by atoms with van der Waals surface area (Å²) < 4.78 is 0. The normalized spacial score (nSPS) is 31.9. The van der Waals surface area contributed by atoms with E-state index in [4.69, 9.17) is 0 Å². The maximum atomic E-state index is 12.4. The van der Waals surface area contributed by atoms with Gasteiger partial charge in [0.25, 0.3) is 0 Å². The van der Waals surface area contributed by atoms with Gasteiger partial charge in [0.1, 0.15) is 0 Å². The molecule has 0 radical (unpaired) electrons. The summed E-state index contributed by atoms with van der Waals surface area (Å²) >= 11 is 0. The molecule has 2 saturated heterocycles. The molecule has 0 bridgehead atoms. The summed E-state index contributed by atoms with van der Waals surface area (Å²) in [5.41, 5.74) is 0. The number of likely N-dealkylation sites (tertiary alicyclic amines) is 2. The van der Waals surface area contributed by atoms with Crippen LogP contribution in [-0.2, 0) is 4.79 Å². The summed E-state index contributed by atoms with van der Waals surface area (Å²) in [7, 11) is 2.16. The standard InChI is InChI=1S/C13H25N3O/c1-3-14-12-7-5-9-16(13(12)17)11-6-4-8-15(2)10-11/h11-12,14H,3-10H2,1-2H3. The zero-order valence-corrected chi connectivity index (χ0v) is 11.1. The molecule has 1 amide bonds. The van der Waals surface area contributed by atoms with E-state index in [-0.39, 0.29) is 6.04 Å². The first-order chi connectivity index (χ1) is 8.22. The summed E-state index contributed by atoms with van der Waals surface area (Å²) in [4.78, 5) is 16.8. The summed E-state index contributed by atoms with van der Waals surface area (Å²) in [5, 5.41) is 3.31. The molecule has 17 heavy (non-hydrogen) atoms. The molecule has 1 N–H and O–H groups in total. The number of likely N-dealkylation sites (N-methyl/N-ethyl adjacent to an activating group) is 2. The fraction of sp³-hybridized carbons (Fsp3) is 0.923. The summed E-state index contributed by atoms with van der Waals surface area (Å²) in [6.07, 6.45) is 4.54. The Morgan fingerprint density at radius 2 is 2.06 bits per heavy atom. The Hall–Kier alpha value is -0.610. The molecule has 2 aliphatic rings. The predicted octanol–water partition coefficient (Wildman–Crippen LogP) is 0.681. The molecule has 2 fully saturated rings. The Labute approximate surface area is 104 Å². The second-order valence-electron chi connectivity index (χ2n) is 5.34. The highest BCUT2D eigenvalue weighted by Gasteiger charge is 2.33. The van der Waals surface area contributed by atoms with Gasteiger partial charge in [0, 0.05) is 19.1 Å². The third-order valence-electron chi connectivity index (χ3n) is 3.96. The van der Waals surface area contributed by atoms with Gasteiger partial charge in [0.15, 0.2) is 0 Å². The molecule has 0 saturated carbocycles. The molecule has 2 aliphatic heterocycles. The minimum Gasteiger partial charge on any atom is -0.337 e. The van der Waals surface area contributed by atoms with Crippen molar-refractivity contribution in [1.29, 1.82) is 0 Å². The highest BCUT2D eigenvalue weighted by atomic mass is 16.2. The van der Waals surface area contributed by atoms with Crippen molar-refractivity contribution in [3.63, 3.8) is 0 Å². The predicted molar refractivity (Wildman–Crippen MR) is 68.9 cm³/mol. The van der Waals surface area contributed by atoms with Crippen LogP contribution in [0.4, 0.5) is 0 Å². The van der Waals surface area contributed by atoms with Crippen LogP contribution in [-0.4, -0.2) is 61.0 Å². The van der Waals surface area contributed by atoms with Gasteiger partial charge in [-0.15, -0.1) is 0 Å². The topological polar surface area (TPSA) is 35.6 Å². The molecule has 2 heterocycles. The number of carbonyl (C=O) groups excluding carboxylic acids is 1. The van der Waals surface area contributed by atoms with E-state index < -0.39 is 0 Å². The lowest BCUT2D eigenvalue weighted by Crippen LogP contribution is -2.57. The van der Waals surface area contributed by atoms with Crippen LogP contribution in [0.5, 0.6) is 0 Å². The smallest absolute Gasteiger partial charge is 0.239 e. The SMILES string of the molecule is CCNC1CCCN(C2CCCN(C)C2)C1=O. The number of amides is 1. The molecular weight excluding hydrogens is 214 g/mol. The first kappa shape index (κ1) is 12.8. The van der Waals surface area contributed by atoms with E-state index in [0.717, 1.165) is 32.5 Å². The van der Waals surface area contributed by atoms with Crippen LogP contribution in [0.25, 0.3) is 0 Å². The van der Waals surface area contributed by atoms with Crippen molar-refractivity contribution in [2.45, 2.75) is 44.7 Å². The van der Waals surface area contributed by atoms with Crippen molar-refractivity contribution in [2.24, 2.45) is 0 Å². The van der Waals surface area contributed by atoms with Crippen LogP contribution < -0.4 is 5.32 Å². The first-order valence-electron chi connectivity index (χ1n) is 6.94. The number of hydrogen-bond donors (Lipinski definition) is 1. The molecule has 2 unspecified atom stereocenters. The molecular formula is C13H25N3O. The van der Waals surface area contributed by atoms with E-state index in [1.807, 2.05) is 0 Å². The van der Waals surface area contributed by atoms with Gasteiger partial charge in [-0.1, -0.05) is 6.92 Å². The fourth-order valence-corrected chi connectivity index (χ4v) is 3.09. The quantitative estimate of drug-likeness (QED) is 0.787. The molecule has 4 nitrogen and oxygen atoms in total. The van der Waals surface area contributed by atoms with E-state index in [1.165, 1.54) is 19.4 Å². The minimum absolute atomic E-state index is 0.0704. The third kappa shape index (κ3) is 2.99. The van der Waals surface area contributed by atoms with Gasteiger partial charge in [0.2, 0.25) is 5.91 Å². The number of hydrogen-bond acceptors (Lipinski definition) is 3. The zero-order valence-electron chi connectivity index (χ0n) is 11.1. The third-order valence-corrected chi connectivity index (χ3v) is 3.96. The number of piperidine rings is 2. The molecule has 0 aromatic heterocycles. The highest BCUT2D eigenvalue weighted by Crippen LogP contribution is 2.20. The van der Waals surface area contributed by atoms with E-state index in [1.54, 1.807) is 0 Å². The lowest BCUT2D eigenvalue weighted by molar-refractivity contribution is -0.139. The summed E-state index contributed by atoms with van der Waals surface area (Å²) in [6, 6.07) is 0.517. The van der Waals surface area contributed by atoms with Crippen molar-refractivity contribution in [2.75, 3.05) is 33.2 Å². The molecule has 0 aliphatic carbocycles. The van der Waals surface area contributed by atoms with Crippen LogP contribution in [0, 0.1) is 0 Å². The molecule has 2 rings (SSSR count). The average molecular weight is 239 g/mol. The van der Waals surface area contributed by atoms with Gasteiger partial charge in [-0.25, -0.2) is 0 Å². The summed E-state index contributed by atoms with van der Waals surface area (Å²) in [6.45, 7) is 6.13. The fourth-order valence-electron chi connectivity index (χ4n) is 3.09. The molecule has 0 aromatic carbocycles. The monoisotopic (exact) mass is 239 g/mol. The Balaban J connectivity index is 1.96. The molecule has 98 valence electrons. The second-order valence-corrected chi connectivity index (χ2v) is 5.34. The van der Waals surface area contributed by atoms with Crippen LogP contribution >= 0.6 is 0 Å². The lowest BCUT2D eigenvalue weighted by Gasteiger charge is -2.42. The van der Waals surface area contributed by atoms with Gasteiger partial charge >= 0.3 is 0 Å². The molecule has 2 atom stereocenters. The molecule has 0 aromatic rings. The van der Waals surface area contributed by atoms with Crippen LogP contribution in [0.3, 0.4) is 0 Å². The van der Waals surface area contributed by atoms with Gasteiger partial charge in [0.05, 0.1) is 6.04 Å².